The SMILES string of the molecule is Cc1ccc2cc(CN(CC3CCCO3)C(=O)c3ccccc3)c(=O)[nH]c2c1. The Balaban J connectivity index is 1.65. The van der Waals surface area contributed by atoms with Crippen molar-refractivity contribution < 1.29 is 9.53 Å². The molecule has 1 fully saturated rings. The smallest absolute Gasteiger partial charge is 0.254 e. The lowest BCUT2D eigenvalue weighted by Crippen LogP contribution is -2.38. The molecule has 1 unspecified atom stereocenters. The Hall–Kier alpha value is -2.92. The number of nitrogens with zero attached hydrogens (tertiary/aromatic N) is 1. The first-order valence-corrected chi connectivity index (χ1v) is 9.68. The third kappa shape index (κ3) is 3.99. The van der Waals surface area contributed by atoms with Crippen LogP contribution in [0.1, 0.15) is 34.3 Å². The van der Waals surface area contributed by atoms with Crippen molar-refractivity contribution in [2.45, 2.75) is 32.4 Å². The lowest BCUT2D eigenvalue weighted by Gasteiger charge is -2.25. The Bertz CT molecular complexity index is 1040. The van der Waals surface area contributed by atoms with Crippen LogP contribution in [0.25, 0.3) is 10.9 Å². The quantitative estimate of drug-likeness (QED) is 0.739. The molecule has 144 valence electrons. The molecular weight excluding hydrogens is 352 g/mol. The second-order valence-corrected chi connectivity index (χ2v) is 7.40. The lowest BCUT2D eigenvalue weighted by atomic mass is 10.1. The molecule has 1 saturated heterocycles. The van der Waals surface area contributed by atoms with E-state index < -0.39 is 0 Å². The molecule has 0 radical (unpaired) electrons. The number of nitrogens with one attached hydrogen (secondary N) is 1. The number of carbonyl (C=O) groups is 1. The predicted molar refractivity (Wildman–Crippen MR) is 109 cm³/mol. The van der Waals surface area contributed by atoms with Gasteiger partial charge in [-0.25, -0.2) is 0 Å². The van der Waals surface area contributed by atoms with Crippen molar-refractivity contribution in [2.24, 2.45) is 0 Å². The van der Waals surface area contributed by atoms with Gasteiger partial charge in [0.1, 0.15) is 0 Å². The fraction of sp³-hybridized carbons (Fsp3) is 0.304. The van der Waals surface area contributed by atoms with Crippen molar-refractivity contribution in [3.8, 4) is 0 Å². The van der Waals surface area contributed by atoms with Gasteiger partial charge in [0, 0.05) is 29.8 Å². The molecule has 28 heavy (non-hydrogen) atoms. The van der Waals surface area contributed by atoms with E-state index in [0.717, 1.165) is 35.9 Å². The number of aryl methyl sites for hydroxylation is 1. The Morgan fingerprint density at radius 1 is 1.18 bits per heavy atom. The number of hydrogen-bond donors (Lipinski definition) is 1. The first-order valence-electron chi connectivity index (χ1n) is 9.68. The number of carbonyl (C=O) groups excluding carboxylic acids is 1. The van der Waals surface area contributed by atoms with Gasteiger partial charge in [-0.1, -0.05) is 30.3 Å². The number of rotatable bonds is 5. The summed E-state index contributed by atoms with van der Waals surface area (Å²) in [6, 6.07) is 17.0. The number of aromatic nitrogens is 1. The molecule has 1 aliphatic heterocycles. The van der Waals surface area contributed by atoms with Gasteiger partial charge in [-0.2, -0.15) is 0 Å². The summed E-state index contributed by atoms with van der Waals surface area (Å²) in [5, 5.41) is 0.962. The Morgan fingerprint density at radius 2 is 2.00 bits per heavy atom. The van der Waals surface area contributed by atoms with Crippen molar-refractivity contribution in [1.29, 1.82) is 0 Å². The van der Waals surface area contributed by atoms with Crippen LogP contribution in [0.5, 0.6) is 0 Å². The molecule has 5 heteroatoms. The third-order valence-electron chi connectivity index (χ3n) is 5.20. The topological polar surface area (TPSA) is 62.4 Å². The summed E-state index contributed by atoms with van der Waals surface area (Å²) in [5.41, 5.74) is 2.95. The van der Waals surface area contributed by atoms with Crippen molar-refractivity contribution in [3.63, 3.8) is 0 Å². The minimum atomic E-state index is -0.156. The van der Waals surface area contributed by atoms with Crippen molar-refractivity contribution in [3.05, 3.63) is 81.6 Å². The maximum Gasteiger partial charge on any atom is 0.254 e. The van der Waals surface area contributed by atoms with Crippen LogP contribution in [0, 0.1) is 6.92 Å². The monoisotopic (exact) mass is 376 g/mol. The van der Waals surface area contributed by atoms with E-state index in [0.29, 0.717) is 17.7 Å². The van der Waals surface area contributed by atoms with Gasteiger partial charge < -0.3 is 14.6 Å². The van der Waals surface area contributed by atoms with Crippen molar-refractivity contribution in [2.75, 3.05) is 13.2 Å². The zero-order chi connectivity index (χ0) is 19.5. The van der Waals surface area contributed by atoms with Gasteiger partial charge in [0.15, 0.2) is 0 Å². The highest BCUT2D eigenvalue weighted by Crippen LogP contribution is 2.18. The molecule has 1 atom stereocenters. The molecule has 1 amide bonds. The van der Waals surface area contributed by atoms with Crippen LogP contribution in [-0.2, 0) is 11.3 Å². The van der Waals surface area contributed by atoms with Gasteiger partial charge in [-0.15, -0.1) is 0 Å². The Kier molecular flexibility index (Phi) is 5.26. The molecule has 3 aromatic rings. The van der Waals surface area contributed by atoms with Crippen LogP contribution >= 0.6 is 0 Å². The van der Waals surface area contributed by atoms with E-state index in [9.17, 15) is 9.59 Å². The number of fused-ring (bicyclic) bond motifs is 1. The molecule has 2 aromatic carbocycles. The Labute approximate surface area is 163 Å². The van der Waals surface area contributed by atoms with E-state index >= 15 is 0 Å². The van der Waals surface area contributed by atoms with Gasteiger partial charge in [0.05, 0.1) is 12.6 Å². The van der Waals surface area contributed by atoms with Crippen LogP contribution in [0.2, 0.25) is 0 Å². The maximum atomic E-state index is 13.1. The number of pyridine rings is 1. The normalized spacial score (nSPS) is 16.4. The summed E-state index contributed by atoms with van der Waals surface area (Å²) < 4.78 is 5.74. The summed E-state index contributed by atoms with van der Waals surface area (Å²) in [7, 11) is 0. The third-order valence-corrected chi connectivity index (χ3v) is 5.20. The number of hydrogen-bond acceptors (Lipinski definition) is 3. The summed E-state index contributed by atoms with van der Waals surface area (Å²) >= 11 is 0. The van der Waals surface area contributed by atoms with E-state index in [1.807, 2.05) is 49.4 Å². The van der Waals surface area contributed by atoms with Crippen LogP contribution in [0.15, 0.2) is 59.4 Å². The van der Waals surface area contributed by atoms with Crippen molar-refractivity contribution >= 4 is 16.8 Å². The Morgan fingerprint density at radius 3 is 2.75 bits per heavy atom. The summed E-state index contributed by atoms with van der Waals surface area (Å²) in [6.07, 6.45) is 1.97. The van der Waals surface area contributed by atoms with E-state index in [4.69, 9.17) is 4.74 Å². The molecule has 5 nitrogen and oxygen atoms in total. The summed E-state index contributed by atoms with van der Waals surface area (Å²) in [4.78, 5) is 30.5. The molecule has 2 heterocycles. The maximum absolute atomic E-state index is 13.1. The lowest BCUT2D eigenvalue weighted by molar-refractivity contribution is 0.0506. The van der Waals surface area contributed by atoms with Gasteiger partial charge >= 0.3 is 0 Å². The molecule has 0 spiro atoms. The molecule has 1 N–H and O–H groups in total. The number of benzene rings is 2. The van der Waals surface area contributed by atoms with E-state index in [2.05, 4.69) is 4.98 Å². The van der Waals surface area contributed by atoms with Crippen LogP contribution in [0.3, 0.4) is 0 Å². The number of ether oxygens (including phenoxy) is 1. The highest BCUT2D eigenvalue weighted by Gasteiger charge is 2.24. The van der Waals surface area contributed by atoms with E-state index in [1.54, 1.807) is 17.0 Å². The fourth-order valence-corrected chi connectivity index (χ4v) is 3.70. The average Bonchev–Trinajstić information content (AvgIpc) is 3.21. The first-order chi connectivity index (χ1) is 13.6. The zero-order valence-electron chi connectivity index (χ0n) is 16.0. The summed E-state index contributed by atoms with van der Waals surface area (Å²) in [5.74, 6) is -0.0838. The van der Waals surface area contributed by atoms with Gasteiger partial charge in [-0.3, -0.25) is 9.59 Å². The molecule has 1 aromatic heterocycles. The predicted octanol–water partition coefficient (Wildman–Crippen LogP) is 3.66. The minimum Gasteiger partial charge on any atom is -0.376 e. The van der Waals surface area contributed by atoms with Gasteiger partial charge in [0.2, 0.25) is 0 Å². The number of amides is 1. The van der Waals surface area contributed by atoms with E-state index in [1.165, 1.54) is 0 Å². The summed E-state index contributed by atoms with van der Waals surface area (Å²) in [6.45, 7) is 3.47. The fourth-order valence-electron chi connectivity index (χ4n) is 3.70. The highest BCUT2D eigenvalue weighted by atomic mass is 16.5. The van der Waals surface area contributed by atoms with Gasteiger partial charge in [0.25, 0.3) is 11.5 Å². The standard InChI is InChI=1S/C23H24N2O3/c1-16-9-10-18-13-19(22(26)24-21(18)12-16)14-25(15-20-8-5-11-28-20)23(27)17-6-3-2-4-7-17/h2-4,6-7,9-10,12-13,20H,5,8,11,14-15H2,1H3,(H,24,26). The number of H-pyrrole nitrogens is 1. The van der Waals surface area contributed by atoms with Gasteiger partial charge in [-0.05, 0) is 55.0 Å². The van der Waals surface area contributed by atoms with Crippen LogP contribution in [-0.4, -0.2) is 35.0 Å². The van der Waals surface area contributed by atoms with Crippen molar-refractivity contribution in [1.82, 2.24) is 9.88 Å². The molecule has 4 rings (SSSR count). The second kappa shape index (κ2) is 7.98. The average molecular weight is 376 g/mol. The number of aromatic amines is 1. The minimum absolute atomic E-state index is 0.0230. The first kappa shape index (κ1) is 18.4. The zero-order valence-corrected chi connectivity index (χ0v) is 16.0. The molecule has 1 aliphatic rings. The second-order valence-electron chi connectivity index (χ2n) is 7.40. The highest BCUT2D eigenvalue weighted by molar-refractivity contribution is 5.94. The van der Waals surface area contributed by atoms with Crippen LogP contribution in [0.4, 0.5) is 0 Å². The largest absolute Gasteiger partial charge is 0.376 e. The van der Waals surface area contributed by atoms with Crippen LogP contribution < -0.4 is 5.56 Å². The molecule has 0 saturated carbocycles. The molecule has 0 aliphatic carbocycles. The molecular formula is C23H24N2O3. The van der Waals surface area contributed by atoms with E-state index in [-0.39, 0.29) is 24.1 Å². The molecule has 0 bridgehead atoms.